The number of phenols is 2. The Bertz CT molecular complexity index is 5970. The van der Waals surface area contributed by atoms with Crippen LogP contribution in [0.15, 0.2) is 36.4 Å². The number of nitrogens with one attached hydrogen (secondary N) is 2. The van der Waals surface area contributed by atoms with Crippen molar-refractivity contribution in [2.75, 3.05) is 93.9 Å². The number of benzene rings is 6. The number of aliphatic hydroxyl groups excluding tert-OH is 1. The predicted octanol–water partition coefficient (Wildman–Crippen LogP) is 13.4. The third kappa shape index (κ3) is 14.9. The Kier molecular flexibility index (Phi) is 26.4. The first-order valence-corrected chi connectivity index (χ1v) is 43.4. The molecule has 0 aliphatic carbocycles. The van der Waals surface area contributed by atoms with Gasteiger partial charge in [-0.3, -0.25) is 39.8 Å². The Labute approximate surface area is 776 Å². The summed E-state index contributed by atoms with van der Waals surface area (Å²) in [7, 11) is 8.51. The molecule has 0 amide bonds. The first-order valence-electron chi connectivity index (χ1n) is 41.3. The maximum absolute atomic E-state index is 15.0. The molecule has 5 N–H and O–H groups in total. The van der Waals surface area contributed by atoms with Crippen LogP contribution in [-0.2, 0) is 75.0 Å². The summed E-state index contributed by atoms with van der Waals surface area (Å²) in [5, 5.41) is 52.6. The summed E-state index contributed by atoms with van der Waals surface area (Å²) in [4.78, 5) is 88.5. The molecule has 14 atom stereocenters. The number of aryl methyl sites for hydroxylation is 2. The van der Waals surface area contributed by atoms with Gasteiger partial charge in [-0.15, -0.1) is 23.5 Å². The highest BCUT2D eigenvalue weighted by molar-refractivity contribution is 7.99. The van der Waals surface area contributed by atoms with E-state index in [0.717, 1.165) is 49.6 Å². The number of carbonyl (C=O) groups excluding carboxylic acids is 6. The summed E-state index contributed by atoms with van der Waals surface area (Å²) in [6.07, 6.45) is -14.2. The molecule has 46 heteroatoms. The van der Waals surface area contributed by atoms with E-state index in [2.05, 4.69) is 26.2 Å². The van der Waals surface area contributed by atoms with Gasteiger partial charge >= 0.3 is 71.9 Å². The maximum atomic E-state index is 15.0. The number of hydrogen-bond donors (Lipinski definition) is 5. The number of nitrogens with zero attached hydrogens (tertiary/aromatic N) is 5. The third-order valence-corrected chi connectivity index (χ3v) is 30.0. The molecule has 4 fully saturated rings. The van der Waals surface area contributed by atoms with Crippen LogP contribution in [0.3, 0.4) is 0 Å². The Morgan fingerprint density at radius 3 is 1.24 bits per heavy atom. The third-order valence-electron chi connectivity index (χ3n) is 27.1. The van der Waals surface area contributed by atoms with E-state index in [1.807, 2.05) is 45.8 Å². The summed E-state index contributed by atoms with van der Waals surface area (Å²) in [5.74, 6) is -37.7. The molecular formula is C90H95F14N7O23S2. The molecule has 2 spiro atoms. The quantitative estimate of drug-likeness (QED) is 0.0431. The number of esters is 6. The summed E-state index contributed by atoms with van der Waals surface area (Å²) in [6.45, 7) is 8.03. The monoisotopic (exact) mass is 1970 g/mol. The Morgan fingerprint density at radius 2 is 0.868 bits per heavy atom. The van der Waals surface area contributed by atoms with E-state index >= 15 is 0 Å². The first-order chi connectivity index (χ1) is 62.6. The van der Waals surface area contributed by atoms with Gasteiger partial charge in [0.25, 0.3) is 0 Å². The number of phenolic OH excluding ortho intramolecular Hbond substituents is 2. The number of thioether (sulfide) groups is 2. The number of fused-ring (bicyclic) bond motifs is 18. The molecule has 14 aliphatic heterocycles. The van der Waals surface area contributed by atoms with Gasteiger partial charge in [0.05, 0.1) is 75.2 Å². The molecule has 6 aromatic rings. The van der Waals surface area contributed by atoms with Crippen LogP contribution in [-0.4, -0.2) is 237 Å². The molecule has 8 bridgehead atoms. The van der Waals surface area contributed by atoms with E-state index < -0.39 is 190 Å². The van der Waals surface area contributed by atoms with Gasteiger partial charge in [-0.05, 0) is 136 Å². The molecule has 30 nitrogen and oxygen atoms in total. The van der Waals surface area contributed by atoms with Crippen LogP contribution in [0.25, 0.3) is 0 Å². The number of carbonyl (C=O) groups is 6. The van der Waals surface area contributed by atoms with E-state index in [4.69, 9.17) is 56.8 Å². The highest BCUT2D eigenvalue weighted by Gasteiger charge is 2.79. The normalized spacial score (nSPS) is 26.2. The van der Waals surface area contributed by atoms with Crippen molar-refractivity contribution < 1.29 is 172 Å². The largest absolute Gasteiger partial charge is 0.504 e. The lowest BCUT2D eigenvalue weighted by molar-refractivity contribution is -0.346. The molecular weight excluding hydrogens is 1880 g/mol. The lowest BCUT2D eigenvalue weighted by atomic mass is 9.71. The number of aliphatic hydroxyl groups is 1. The van der Waals surface area contributed by atoms with E-state index in [9.17, 15) is 111 Å². The summed E-state index contributed by atoms with van der Waals surface area (Å²) in [5.41, 5.74) is 3.27. The Balaban J connectivity index is 0.000000213. The molecule has 4 saturated heterocycles. The zero-order chi connectivity index (χ0) is 96.2. The fourth-order valence-electron chi connectivity index (χ4n) is 21.3. The molecule has 14 heterocycles. The lowest BCUT2D eigenvalue weighted by Crippen LogP contribution is -2.70. The van der Waals surface area contributed by atoms with Crippen molar-refractivity contribution in [3.05, 3.63) is 125 Å². The lowest BCUT2D eigenvalue weighted by Gasteiger charge is -2.62. The van der Waals surface area contributed by atoms with Crippen LogP contribution >= 0.6 is 23.5 Å². The Morgan fingerprint density at radius 1 is 0.493 bits per heavy atom. The van der Waals surface area contributed by atoms with E-state index in [-0.39, 0.29) is 153 Å². The van der Waals surface area contributed by atoms with E-state index in [1.54, 1.807) is 27.7 Å². The zero-order valence-electron chi connectivity index (χ0n) is 72.2. The van der Waals surface area contributed by atoms with E-state index in [1.165, 1.54) is 51.6 Å². The van der Waals surface area contributed by atoms with Gasteiger partial charge < -0.3 is 81.6 Å². The standard InChI is InChI=1S/C44H41F7N4O11S.C43H42F7N3O12S.3CH4/c1-17-9-21-10-23-24(13-52)55-25-14-62-39(58)41(22-12-26(60-5)27(11-20(22)7-8-53-41)66-40(59)42(45,46)43(47,48)44(49,50)51)15-67-38(32(55)31(54(23)4)28(21)33(57)34(17)61-6)30-29(25)37-36(63-16-64-37)18(2)35(30)65-19(3)56;1-16-9-20-10-22-37(56)53-23-13-61-38(57)40(21-12-24(59-5)25(11-19(21)7-8-51-40)65-39(58)41(44,45)42(46,47)43(48,49)50)14-66-36(30(53)29(52(22)4)26(20)31(55)32(16)60-6)28-27(23)35-34(62-15-63-35)17(2)33(28)64-18(3)54;;;/h9,11-12,23-25,31-32,38,53,57H,7-8,10,14-16H2,1-6H3;9,11-12,22-23,29-30,36-37,51,55-56H,7-8,10,13-15H2,1-6H3;3*1H4/t23-,24-,25-,31+,32?,38+,41+;22-,23-,29+,30?,36+,37-,40+;;;/m00.../s1. The number of nitriles is 1. The highest BCUT2D eigenvalue weighted by Crippen LogP contribution is 2.69. The van der Waals surface area contributed by atoms with Crippen molar-refractivity contribution in [2.24, 2.45) is 0 Å². The van der Waals surface area contributed by atoms with Crippen molar-refractivity contribution in [2.45, 2.75) is 208 Å². The molecule has 20 rings (SSSR count). The van der Waals surface area contributed by atoms with Crippen molar-refractivity contribution in [3.63, 3.8) is 0 Å². The van der Waals surface area contributed by atoms with Crippen molar-refractivity contribution in [3.8, 4) is 86.6 Å². The summed E-state index contributed by atoms with van der Waals surface area (Å²) < 4.78 is 271. The average molecular weight is 1970 g/mol. The molecule has 136 heavy (non-hydrogen) atoms. The smallest absolute Gasteiger partial charge is 0.460 e. The van der Waals surface area contributed by atoms with Gasteiger partial charge in [-0.2, -0.15) is 66.7 Å². The fourth-order valence-corrected chi connectivity index (χ4v) is 24.6. The zero-order valence-corrected chi connectivity index (χ0v) is 73.9. The summed E-state index contributed by atoms with van der Waals surface area (Å²) in [6, 6.07) is 3.52. The summed E-state index contributed by atoms with van der Waals surface area (Å²) >= 11 is 2.36. The first kappa shape index (κ1) is 101. The number of likely N-dealkylation sites (N-methyl/N-ethyl adjacent to an activating group) is 2. The number of aromatic hydroxyl groups is 2. The van der Waals surface area contributed by atoms with Crippen molar-refractivity contribution in [1.29, 1.82) is 5.26 Å². The SMILES string of the molecule is C.C.C.COc1cc2c(cc1OC(=O)C(F)(F)C(F)(F)C(F)(F)F)CCN[C@]21CS[C@@H]2c3c(OC(C)=O)c(C)c4c(c3[C@H](COC1=O)N1C2[C@H]2c3c(cc(C)c(OC)c3O)C[C@@H]([C@@H]1C#N)N2C)OCO4.COc1cc2c(cc1OC(=O)C(F)(F)C(F)(F)C(F)(F)F)CCN[C@]21CS[C@@H]2c3c(OC(C)=O)c(C)c4c(c3[C@H](COC1=O)N1C2[C@H]2c3c(cc(C)c(OC)c3O)C[C@@H]([C@@H]1O)N2C)OCO4. The molecule has 0 aromatic heterocycles. The van der Waals surface area contributed by atoms with Crippen LogP contribution in [0.4, 0.5) is 61.5 Å². The van der Waals surface area contributed by atoms with Crippen molar-refractivity contribution in [1.82, 2.24) is 30.2 Å². The average Bonchev–Trinajstić information content (AvgIpc) is 0.879. The second kappa shape index (κ2) is 35.5. The van der Waals surface area contributed by atoms with Gasteiger partial charge in [0.1, 0.15) is 37.0 Å². The fraction of sp³-hybridized carbons (Fsp3) is 0.522. The van der Waals surface area contributed by atoms with Crippen LogP contribution in [0.2, 0.25) is 0 Å². The molecule has 0 saturated carbocycles. The van der Waals surface area contributed by atoms with Gasteiger partial charge in [-0.1, -0.05) is 34.4 Å². The van der Waals surface area contributed by atoms with Crippen LogP contribution in [0.1, 0.15) is 160 Å². The number of hydrogen-bond acceptors (Lipinski definition) is 32. The number of halogens is 14. The number of alkyl halides is 14. The van der Waals surface area contributed by atoms with Gasteiger partial charge in [0.2, 0.25) is 13.6 Å². The molecule has 0 radical (unpaired) electrons. The molecule has 2 unspecified atom stereocenters. The number of rotatable bonds is 12. The Hall–Kier alpha value is -10.9. The minimum Gasteiger partial charge on any atom is -0.504 e. The number of methoxy groups -OCH3 is 4. The predicted molar refractivity (Wildman–Crippen MR) is 453 cm³/mol. The van der Waals surface area contributed by atoms with E-state index in [0.29, 0.717) is 68.5 Å². The second-order valence-corrected chi connectivity index (χ2v) is 36.3. The highest BCUT2D eigenvalue weighted by atomic mass is 32.2. The van der Waals surface area contributed by atoms with Crippen LogP contribution < -0.4 is 67.5 Å². The topological polar surface area (TPSA) is 353 Å². The molecule has 6 aromatic carbocycles. The maximum Gasteiger partial charge on any atom is 0.460 e. The van der Waals surface area contributed by atoms with Crippen molar-refractivity contribution >= 4 is 59.3 Å². The molecule has 14 aliphatic rings. The molecule has 738 valence electrons. The number of ether oxygens (including phenoxy) is 14. The van der Waals surface area contributed by atoms with Gasteiger partial charge in [0.15, 0.2) is 80.1 Å². The minimum atomic E-state index is -6.81. The second-order valence-electron chi connectivity index (χ2n) is 34.1. The minimum absolute atomic E-state index is 0. The van der Waals surface area contributed by atoms with Gasteiger partial charge in [-0.25, -0.2) is 19.2 Å². The van der Waals surface area contributed by atoms with Gasteiger partial charge in [0, 0.05) is 101 Å². The van der Waals surface area contributed by atoms with Crippen LogP contribution in [0, 0.1) is 39.0 Å². The number of piperazine rings is 2. The van der Waals surface area contributed by atoms with Crippen LogP contribution in [0.5, 0.6) is 80.5 Å².